The van der Waals surface area contributed by atoms with E-state index in [2.05, 4.69) is 4.98 Å². The second-order valence-corrected chi connectivity index (χ2v) is 4.78. The van der Waals surface area contributed by atoms with Gasteiger partial charge in [0.25, 0.3) is 0 Å². The summed E-state index contributed by atoms with van der Waals surface area (Å²) in [6.45, 7) is 2.04. The van der Waals surface area contributed by atoms with Crippen molar-refractivity contribution in [3.8, 4) is 17.1 Å². The van der Waals surface area contributed by atoms with E-state index in [0.717, 1.165) is 28.2 Å². The molecule has 3 aromatic rings. The van der Waals surface area contributed by atoms with E-state index >= 15 is 0 Å². The lowest BCUT2D eigenvalue weighted by molar-refractivity contribution is 0.415. The van der Waals surface area contributed by atoms with E-state index < -0.39 is 0 Å². The molecule has 0 aliphatic heterocycles. The lowest BCUT2D eigenvalue weighted by Crippen LogP contribution is -1.90. The molecule has 4 heteroatoms. The number of halogens is 1. The summed E-state index contributed by atoms with van der Waals surface area (Å²) in [6, 6.07) is 11.9. The van der Waals surface area contributed by atoms with Crippen molar-refractivity contribution in [3.05, 3.63) is 53.3 Å². The summed E-state index contributed by atoms with van der Waals surface area (Å²) >= 11 is 6.21. The lowest BCUT2D eigenvalue weighted by Gasteiger charge is -2.04. The minimum Gasteiger partial charge on any atom is -0.497 e. The predicted octanol–water partition coefficient (Wildman–Crippen LogP) is 3.97. The van der Waals surface area contributed by atoms with Crippen molar-refractivity contribution in [1.82, 2.24) is 9.38 Å². The predicted molar refractivity (Wildman–Crippen MR) is 76.9 cm³/mol. The fraction of sp³-hybridized carbons (Fsp3) is 0.133. The summed E-state index contributed by atoms with van der Waals surface area (Å²) in [5, 5.41) is 0.515. The highest BCUT2D eigenvalue weighted by Gasteiger charge is 2.11. The van der Waals surface area contributed by atoms with Gasteiger partial charge < -0.3 is 4.74 Å². The van der Waals surface area contributed by atoms with Gasteiger partial charge in [-0.1, -0.05) is 23.7 Å². The zero-order valence-electron chi connectivity index (χ0n) is 10.7. The zero-order valence-corrected chi connectivity index (χ0v) is 11.5. The molecule has 0 radical (unpaired) electrons. The molecule has 0 amide bonds. The van der Waals surface area contributed by atoms with Crippen LogP contribution in [0.4, 0.5) is 0 Å². The van der Waals surface area contributed by atoms with Gasteiger partial charge in [0.15, 0.2) is 5.15 Å². The number of pyridine rings is 1. The molecule has 0 saturated heterocycles. The average molecular weight is 273 g/mol. The van der Waals surface area contributed by atoms with E-state index in [1.165, 1.54) is 0 Å². The summed E-state index contributed by atoms with van der Waals surface area (Å²) in [5.74, 6) is 1.62. The molecular weight excluding hydrogens is 260 g/mol. The normalized spacial score (nSPS) is 10.9. The standard InChI is InChI=1S/C15H13ClN2O/c1-10-6-7-18-13(8-10)14(16)17-15(18)11-4-3-5-12(9-11)19-2/h3-9H,1-2H3. The summed E-state index contributed by atoms with van der Waals surface area (Å²) in [4.78, 5) is 4.45. The first kappa shape index (κ1) is 12.1. The van der Waals surface area contributed by atoms with Crippen LogP contribution in [0.2, 0.25) is 5.15 Å². The fourth-order valence-corrected chi connectivity index (χ4v) is 2.34. The number of hydrogen-bond acceptors (Lipinski definition) is 2. The quantitative estimate of drug-likeness (QED) is 0.706. The monoisotopic (exact) mass is 272 g/mol. The van der Waals surface area contributed by atoms with Crippen LogP contribution in [0.3, 0.4) is 0 Å². The minimum atomic E-state index is 0.515. The number of nitrogens with zero attached hydrogens (tertiary/aromatic N) is 2. The van der Waals surface area contributed by atoms with Gasteiger partial charge in [0.2, 0.25) is 0 Å². The smallest absolute Gasteiger partial charge is 0.155 e. The third-order valence-corrected chi connectivity index (χ3v) is 3.36. The third kappa shape index (κ3) is 2.06. The van der Waals surface area contributed by atoms with E-state index in [-0.39, 0.29) is 0 Å². The molecule has 0 N–H and O–H groups in total. The molecular formula is C15H13ClN2O. The number of aromatic nitrogens is 2. The van der Waals surface area contributed by atoms with Crippen molar-refractivity contribution in [3.63, 3.8) is 0 Å². The van der Waals surface area contributed by atoms with E-state index in [1.807, 2.05) is 53.9 Å². The molecule has 0 saturated carbocycles. The molecule has 0 aliphatic carbocycles. The van der Waals surface area contributed by atoms with Crippen molar-refractivity contribution in [2.24, 2.45) is 0 Å². The number of ether oxygens (including phenoxy) is 1. The molecule has 0 fully saturated rings. The molecule has 0 bridgehead atoms. The first-order valence-corrected chi connectivity index (χ1v) is 6.35. The molecule has 3 nitrogen and oxygen atoms in total. The van der Waals surface area contributed by atoms with Crippen molar-refractivity contribution in [2.75, 3.05) is 7.11 Å². The van der Waals surface area contributed by atoms with Crippen LogP contribution in [0.25, 0.3) is 16.9 Å². The van der Waals surface area contributed by atoms with Crippen LogP contribution >= 0.6 is 11.6 Å². The first-order valence-electron chi connectivity index (χ1n) is 5.97. The molecule has 19 heavy (non-hydrogen) atoms. The zero-order chi connectivity index (χ0) is 13.4. The molecule has 2 heterocycles. The molecule has 0 atom stereocenters. The number of rotatable bonds is 2. The SMILES string of the molecule is COc1cccc(-c2nc(Cl)c3cc(C)ccn23)c1. The average Bonchev–Trinajstić information content (AvgIpc) is 2.76. The largest absolute Gasteiger partial charge is 0.497 e. The summed E-state index contributed by atoms with van der Waals surface area (Å²) in [5.41, 5.74) is 3.05. The maximum Gasteiger partial charge on any atom is 0.155 e. The van der Waals surface area contributed by atoms with Gasteiger partial charge in [-0.25, -0.2) is 4.98 Å². The highest BCUT2D eigenvalue weighted by molar-refractivity contribution is 6.32. The lowest BCUT2D eigenvalue weighted by atomic mass is 10.2. The number of fused-ring (bicyclic) bond motifs is 1. The minimum absolute atomic E-state index is 0.515. The van der Waals surface area contributed by atoms with Crippen LogP contribution in [0.5, 0.6) is 5.75 Å². The molecule has 0 spiro atoms. The van der Waals surface area contributed by atoms with E-state index in [1.54, 1.807) is 7.11 Å². The number of hydrogen-bond donors (Lipinski definition) is 0. The molecule has 96 valence electrons. The van der Waals surface area contributed by atoms with E-state index in [9.17, 15) is 0 Å². The van der Waals surface area contributed by atoms with Crippen LogP contribution < -0.4 is 4.74 Å². The molecule has 0 unspecified atom stereocenters. The molecule has 2 aromatic heterocycles. The summed E-state index contributed by atoms with van der Waals surface area (Å²) in [7, 11) is 1.65. The molecule has 3 rings (SSSR count). The summed E-state index contributed by atoms with van der Waals surface area (Å²) in [6.07, 6.45) is 1.98. The number of aryl methyl sites for hydroxylation is 1. The van der Waals surface area contributed by atoms with Gasteiger partial charge in [0.1, 0.15) is 11.6 Å². The van der Waals surface area contributed by atoms with Crippen LogP contribution in [0, 0.1) is 6.92 Å². The fourth-order valence-electron chi connectivity index (χ4n) is 2.12. The Bertz CT molecular complexity index is 749. The number of methoxy groups -OCH3 is 1. The highest BCUT2D eigenvalue weighted by Crippen LogP contribution is 2.28. The van der Waals surface area contributed by atoms with Gasteiger partial charge in [0.05, 0.1) is 12.6 Å². The van der Waals surface area contributed by atoms with Crippen LogP contribution in [0.1, 0.15) is 5.56 Å². The topological polar surface area (TPSA) is 26.5 Å². The Kier molecular flexibility index (Phi) is 2.91. The summed E-state index contributed by atoms with van der Waals surface area (Å²) < 4.78 is 7.23. The number of imidazole rings is 1. The van der Waals surface area contributed by atoms with Crippen LogP contribution in [0.15, 0.2) is 42.6 Å². The van der Waals surface area contributed by atoms with Gasteiger partial charge in [0, 0.05) is 11.8 Å². The Hall–Kier alpha value is -2.00. The number of benzene rings is 1. The third-order valence-electron chi connectivity index (χ3n) is 3.08. The maximum absolute atomic E-state index is 6.21. The van der Waals surface area contributed by atoms with Crippen LogP contribution in [-0.2, 0) is 0 Å². The Balaban J connectivity index is 2.25. The Morgan fingerprint density at radius 3 is 2.84 bits per heavy atom. The van der Waals surface area contributed by atoms with Gasteiger partial charge in [-0.3, -0.25) is 4.40 Å². The van der Waals surface area contributed by atoms with Gasteiger partial charge in [-0.2, -0.15) is 0 Å². The maximum atomic E-state index is 6.21. The van der Waals surface area contributed by atoms with E-state index in [0.29, 0.717) is 5.15 Å². The first-order chi connectivity index (χ1) is 9.19. The van der Waals surface area contributed by atoms with Crippen molar-refractivity contribution < 1.29 is 4.74 Å². The van der Waals surface area contributed by atoms with Crippen molar-refractivity contribution in [1.29, 1.82) is 0 Å². The Morgan fingerprint density at radius 1 is 1.21 bits per heavy atom. The van der Waals surface area contributed by atoms with Gasteiger partial charge in [-0.05, 0) is 36.8 Å². The van der Waals surface area contributed by atoms with Crippen LogP contribution in [-0.4, -0.2) is 16.5 Å². The molecule has 1 aromatic carbocycles. The second kappa shape index (κ2) is 4.59. The second-order valence-electron chi connectivity index (χ2n) is 4.42. The van der Waals surface area contributed by atoms with Crippen molar-refractivity contribution >= 4 is 17.1 Å². The van der Waals surface area contributed by atoms with Crippen molar-refractivity contribution in [2.45, 2.75) is 6.92 Å². The Morgan fingerprint density at radius 2 is 2.05 bits per heavy atom. The van der Waals surface area contributed by atoms with Gasteiger partial charge in [-0.15, -0.1) is 0 Å². The van der Waals surface area contributed by atoms with Gasteiger partial charge >= 0.3 is 0 Å². The Labute approximate surface area is 116 Å². The van der Waals surface area contributed by atoms with E-state index in [4.69, 9.17) is 16.3 Å². The highest BCUT2D eigenvalue weighted by atomic mass is 35.5. The molecule has 0 aliphatic rings.